The van der Waals surface area contributed by atoms with E-state index in [4.69, 9.17) is 13.5 Å². The highest BCUT2D eigenvalue weighted by Gasteiger charge is 2.29. The molecule has 0 saturated heterocycles. The first-order valence-corrected chi connectivity index (χ1v) is 15.4. The SMILES string of the molecule is [2H]c1cc(C2([2H])CCC(C)(C)CC2)cc(C([2H])([2H])[2H])c1-c1cc(-c2cccc3c2oc2c(-c4ccccc4)cccc23)ncc1C(C)(C)F. The highest BCUT2D eigenvalue weighted by Crippen LogP contribution is 2.45. The van der Waals surface area contributed by atoms with Gasteiger partial charge in [0.25, 0.3) is 0 Å². The van der Waals surface area contributed by atoms with E-state index in [1.807, 2.05) is 66.7 Å². The summed E-state index contributed by atoms with van der Waals surface area (Å²) in [6.45, 7) is 4.59. The Kier molecular flexibility index (Phi) is 5.65. The highest BCUT2D eigenvalue weighted by molar-refractivity contribution is 6.12. The molecule has 3 heteroatoms. The van der Waals surface area contributed by atoms with Crippen LogP contribution >= 0.6 is 0 Å². The lowest BCUT2D eigenvalue weighted by atomic mass is 9.71. The minimum atomic E-state index is -2.61. The molecule has 1 aliphatic carbocycles. The Morgan fingerprint density at radius 3 is 2.23 bits per heavy atom. The minimum absolute atomic E-state index is 0.0443. The summed E-state index contributed by atoms with van der Waals surface area (Å²) >= 11 is 0. The minimum Gasteiger partial charge on any atom is -0.455 e. The number of para-hydroxylation sites is 2. The first-order chi connectivity index (χ1) is 23.1. The van der Waals surface area contributed by atoms with Crippen molar-refractivity contribution in [3.63, 3.8) is 0 Å². The Morgan fingerprint density at radius 1 is 0.864 bits per heavy atom. The van der Waals surface area contributed by atoms with Crippen LogP contribution < -0.4 is 0 Å². The van der Waals surface area contributed by atoms with Crippen molar-refractivity contribution in [1.29, 1.82) is 0 Å². The van der Waals surface area contributed by atoms with Gasteiger partial charge in [0.05, 0.1) is 7.06 Å². The first kappa shape index (κ1) is 23.2. The average Bonchev–Trinajstić information content (AvgIpc) is 3.44. The fourth-order valence-electron chi connectivity index (χ4n) is 6.59. The Hall–Kier alpha value is -4.24. The lowest BCUT2D eigenvalue weighted by molar-refractivity contribution is 0.221. The van der Waals surface area contributed by atoms with Gasteiger partial charge in [-0.25, -0.2) is 4.39 Å². The van der Waals surface area contributed by atoms with Crippen molar-refractivity contribution in [2.75, 3.05) is 0 Å². The van der Waals surface area contributed by atoms with Crippen LogP contribution in [-0.2, 0) is 5.67 Å². The molecule has 0 radical (unpaired) electrons. The molecular formula is C41H40FNO. The van der Waals surface area contributed by atoms with Gasteiger partial charge in [0.15, 0.2) is 0 Å². The van der Waals surface area contributed by atoms with Crippen LogP contribution in [0.4, 0.5) is 4.39 Å². The standard InChI is InChI=1S/C41H40FNO/c1-26-23-29(27-19-21-40(2,3)22-20-27)17-18-30(26)35-24-37(43-25-36(35)41(4,5)42)34-16-10-15-33-32-14-9-13-31(38(32)44-39(33)34)28-11-7-6-8-12-28/h6-18,23-25,27H,19-22H2,1-5H3/i1D3,18D,27D. The van der Waals surface area contributed by atoms with Gasteiger partial charge < -0.3 is 4.42 Å². The van der Waals surface area contributed by atoms with E-state index >= 15 is 4.39 Å². The summed E-state index contributed by atoms with van der Waals surface area (Å²) in [7, 11) is 0. The van der Waals surface area contributed by atoms with Gasteiger partial charge in [-0.05, 0) is 97.6 Å². The average molecular weight is 587 g/mol. The third kappa shape index (κ3) is 5.13. The van der Waals surface area contributed by atoms with Gasteiger partial charge in [-0.3, -0.25) is 4.98 Å². The second-order valence-electron chi connectivity index (χ2n) is 13.4. The zero-order valence-electron chi connectivity index (χ0n) is 30.7. The molecule has 0 aliphatic heterocycles. The highest BCUT2D eigenvalue weighted by atomic mass is 19.1. The molecule has 1 aliphatic rings. The molecule has 0 unspecified atom stereocenters. The number of alkyl halides is 1. The maximum absolute atomic E-state index is 16.0. The molecule has 0 amide bonds. The summed E-state index contributed by atoms with van der Waals surface area (Å²) < 4.78 is 66.9. The number of nitrogens with zero attached hydrogens (tertiary/aromatic N) is 1. The van der Waals surface area contributed by atoms with Crippen molar-refractivity contribution in [3.8, 4) is 33.5 Å². The number of hydrogen-bond acceptors (Lipinski definition) is 2. The van der Waals surface area contributed by atoms with E-state index in [1.54, 1.807) is 18.2 Å². The molecule has 1 fully saturated rings. The van der Waals surface area contributed by atoms with Gasteiger partial charge in [-0.1, -0.05) is 92.7 Å². The van der Waals surface area contributed by atoms with Crippen molar-refractivity contribution in [2.45, 2.75) is 71.8 Å². The van der Waals surface area contributed by atoms with Gasteiger partial charge in [0.1, 0.15) is 16.8 Å². The smallest absolute Gasteiger partial charge is 0.144 e. The van der Waals surface area contributed by atoms with E-state index in [0.29, 0.717) is 40.8 Å². The summed E-state index contributed by atoms with van der Waals surface area (Å²) in [6, 6.07) is 26.7. The van der Waals surface area contributed by atoms with E-state index < -0.39 is 18.4 Å². The predicted octanol–water partition coefficient (Wildman–Crippen LogP) is 12.2. The molecule has 1 saturated carbocycles. The molecule has 0 bridgehead atoms. The summed E-state index contributed by atoms with van der Waals surface area (Å²) in [5.74, 6) is -0.995. The Morgan fingerprint density at radius 2 is 1.55 bits per heavy atom. The number of hydrogen-bond donors (Lipinski definition) is 0. The van der Waals surface area contributed by atoms with E-state index in [2.05, 4.69) is 13.8 Å². The van der Waals surface area contributed by atoms with E-state index in [9.17, 15) is 2.74 Å². The molecule has 44 heavy (non-hydrogen) atoms. The van der Waals surface area contributed by atoms with E-state index in [0.717, 1.165) is 40.3 Å². The van der Waals surface area contributed by atoms with Gasteiger partial charge in [0, 0.05) is 39.1 Å². The zero-order valence-corrected chi connectivity index (χ0v) is 25.7. The normalized spacial score (nSPS) is 18.3. The molecule has 4 aromatic carbocycles. The molecule has 0 N–H and O–H groups in total. The zero-order chi connectivity index (χ0) is 34.9. The summed E-state index contributed by atoms with van der Waals surface area (Å²) in [5.41, 5.74) is 3.79. The van der Waals surface area contributed by atoms with Gasteiger partial charge in [0.2, 0.25) is 0 Å². The molecule has 6 aromatic rings. The third-order valence-corrected chi connectivity index (χ3v) is 9.26. The molecule has 2 nitrogen and oxygen atoms in total. The number of rotatable bonds is 5. The van der Waals surface area contributed by atoms with Crippen LogP contribution in [0.5, 0.6) is 0 Å². The van der Waals surface area contributed by atoms with Crippen molar-refractivity contribution >= 4 is 21.9 Å². The molecule has 222 valence electrons. The van der Waals surface area contributed by atoms with Crippen LogP contribution in [0, 0.1) is 12.3 Å². The van der Waals surface area contributed by atoms with E-state index in [-0.39, 0.29) is 28.1 Å². The Balaban J connectivity index is 1.44. The maximum atomic E-state index is 16.0. The van der Waals surface area contributed by atoms with Gasteiger partial charge in [-0.2, -0.15) is 0 Å². The molecule has 0 spiro atoms. The number of furan rings is 1. The summed E-state index contributed by atoms with van der Waals surface area (Å²) in [5, 5.41) is 1.85. The monoisotopic (exact) mass is 586 g/mol. The Labute approximate surface area is 267 Å². The number of benzene rings is 4. The predicted molar refractivity (Wildman–Crippen MR) is 182 cm³/mol. The van der Waals surface area contributed by atoms with Crippen LogP contribution in [0.25, 0.3) is 55.4 Å². The molecule has 0 atom stereocenters. The van der Waals surface area contributed by atoms with Crippen LogP contribution in [-0.4, -0.2) is 4.98 Å². The van der Waals surface area contributed by atoms with E-state index in [1.165, 1.54) is 20.0 Å². The lowest BCUT2D eigenvalue weighted by Crippen LogP contribution is -2.20. The van der Waals surface area contributed by atoms with Crippen molar-refractivity contribution in [1.82, 2.24) is 4.98 Å². The summed E-state index contributed by atoms with van der Waals surface area (Å²) in [6.07, 6.45) is 4.28. The van der Waals surface area contributed by atoms with Crippen LogP contribution in [0.3, 0.4) is 0 Å². The van der Waals surface area contributed by atoms with Crippen molar-refractivity contribution in [2.24, 2.45) is 5.41 Å². The van der Waals surface area contributed by atoms with Crippen LogP contribution in [0.2, 0.25) is 0 Å². The molecule has 2 heterocycles. The number of halogens is 1. The number of aryl methyl sites for hydroxylation is 1. The maximum Gasteiger partial charge on any atom is 0.144 e. The topological polar surface area (TPSA) is 26.0 Å². The van der Waals surface area contributed by atoms with Gasteiger partial charge in [-0.15, -0.1) is 0 Å². The molecule has 7 rings (SSSR count). The van der Waals surface area contributed by atoms with Gasteiger partial charge >= 0.3 is 0 Å². The van der Waals surface area contributed by atoms with Crippen molar-refractivity contribution in [3.05, 3.63) is 114 Å². The third-order valence-electron chi connectivity index (χ3n) is 9.26. The largest absolute Gasteiger partial charge is 0.455 e. The number of aromatic nitrogens is 1. The quantitative estimate of drug-likeness (QED) is 0.201. The molecular weight excluding hydrogens is 541 g/mol. The Bertz CT molecular complexity index is 2200. The first-order valence-electron chi connectivity index (χ1n) is 17.9. The second-order valence-corrected chi connectivity index (χ2v) is 13.4. The van der Waals surface area contributed by atoms with Crippen LogP contribution in [0.1, 0.15) is 82.8 Å². The summed E-state index contributed by atoms with van der Waals surface area (Å²) in [4.78, 5) is 4.71. The second kappa shape index (κ2) is 10.7. The fraction of sp³-hybridized carbons (Fsp3) is 0.293. The number of pyridine rings is 1. The van der Waals surface area contributed by atoms with Crippen LogP contribution in [0.15, 0.2) is 102 Å². The number of fused-ring (bicyclic) bond motifs is 3. The molecule has 2 aromatic heterocycles. The van der Waals surface area contributed by atoms with Crippen molar-refractivity contribution < 1.29 is 15.7 Å². The fourth-order valence-corrected chi connectivity index (χ4v) is 6.59. The lowest BCUT2D eigenvalue weighted by Gasteiger charge is -2.34.